The maximum Gasteiger partial charge on any atom is 0.248 e. The molecule has 0 aliphatic carbocycles. The van der Waals surface area contributed by atoms with E-state index in [1.165, 1.54) is 0 Å². The summed E-state index contributed by atoms with van der Waals surface area (Å²) in [6.07, 6.45) is 5.69. The summed E-state index contributed by atoms with van der Waals surface area (Å²) in [5, 5.41) is 7.39. The Kier molecular flexibility index (Phi) is 3.31. The maximum absolute atomic E-state index is 10.3. The zero-order valence-electron chi connectivity index (χ0n) is 7.45. The molecule has 0 aliphatic rings. The van der Waals surface area contributed by atoms with Gasteiger partial charge in [-0.15, -0.1) is 0 Å². The van der Waals surface area contributed by atoms with Gasteiger partial charge in [0, 0.05) is 18.3 Å². The molecule has 0 aliphatic heterocycles. The van der Waals surface area contributed by atoms with Crippen LogP contribution in [0.3, 0.4) is 0 Å². The number of hydrogen-bond acceptors (Lipinski definition) is 3. The van der Waals surface area contributed by atoms with Gasteiger partial charge in [-0.1, -0.05) is 6.92 Å². The third-order valence-corrected chi connectivity index (χ3v) is 1.98. The van der Waals surface area contributed by atoms with Gasteiger partial charge in [0.15, 0.2) is 0 Å². The molecule has 1 atom stereocenters. The molecule has 3 nitrogen and oxygen atoms in total. The zero-order chi connectivity index (χ0) is 9.68. The van der Waals surface area contributed by atoms with Crippen LogP contribution in [0.25, 0.3) is 0 Å². The van der Waals surface area contributed by atoms with Crippen molar-refractivity contribution < 1.29 is 4.79 Å². The van der Waals surface area contributed by atoms with Gasteiger partial charge in [0.2, 0.25) is 6.29 Å². The molecule has 0 aromatic carbocycles. The van der Waals surface area contributed by atoms with Gasteiger partial charge in [-0.25, -0.2) is 0 Å². The molecule has 1 rings (SSSR count). The van der Waals surface area contributed by atoms with Gasteiger partial charge in [0.1, 0.15) is 0 Å². The van der Waals surface area contributed by atoms with E-state index in [9.17, 15) is 4.79 Å². The Balaban J connectivity index is 2.91. The largest absolute Gasteiger partial charge is 0.300 e. The van der Waals surface area contributed by atoms with Gasteiger partial charge in [0.05, 0.1) is 5.71 Å². The molecule has 67 valence electrons. The summed E-state index contributed by atoms with van der Waals surface area (Å²) in [5.41, 5.74) is 0.958. The van der Waals surface area contributed by atoms with Crippen molar-refractivity contribution in [1.29, 1.82) is 5.41 Å². The van der Waals surface area contributed by atoms with Crippen molar-refractivity contribution in [2.45, 2.75) is 19.3 Å². The maximum atomic E-state index is 10.3. The van der Waals surface area contributed by atoms with E-state index >= 15 is 0 Å². The molecule has 1 aromatic rings. The molecular weight excluding hydrogens is 164 g/mol. The quantitative estimate of drug-likeness (QED) is 0.708. The molecule has 0 bridgehead atoms. The average Bonchev–Trinajstić information content (AvgIpc) is 2.20. The Morgan fingerprint density at radius 3 is 2.69 bits per heavy atom. The van der Waals surface area contributed by atoms with Gasteiger partial charge in [-0.3, -0.25) is 9.78 Å². The van der Waals surface area contributed by atoms with E-state index in [1.54, 1.807) is 18.7 Å². The fourth-order valence-electron chi connectivity index (χ4n) is 1.27. The van der Waals surface area contributed by atoms with Gasteiger partial charge in [-0.05, 0) is 24.1 Å². The number of pyridine rings is 1. The smallest absolute Gasteiger partial charge is 0.248 e. The number of aromatic nitrogens is 1. The first-order valence-electron chi connectivity index (χ1n) is 4.16. The van der Waals surface area contributed by atoms with E-state index < -0.39 is 0 Å². The van der Waals surface area contributed by atoms with Gasteiger partial charge < -0.3 is 5.41 Å². The Bertz CT molecular complexity index is 295. The Hall–Kier alpha value is -1.51. The van der Waals surface area contributed by atoms with Crippen molar-refractivity contribution in [3.8, 4) is 0 Å². The molecule has 0 spiro atoms. The number of carbonyl (C=O) groups excluding carboxylic acids is 1. The molecule has 3 heteroatoms. The third-order valence-electron chi connectivity index (χ3n) is 1.98. The summed E-state index contributed by atoms with van der Waals surface area (Å²) in [4.78, 5) is 14.2. The van der Waals surface area contributed by atoms with Crippen LogP contribution in [-0.4, -0.2) is 17.0 Å². The summed E-state index contributed by atoms with van der Waals surface area (Å²) >= 11 is 0. The van der Waals surface area contributed by atoms with E-state index in [4.69, 9.17) is 5.41 Å². The normalized spacial score (nSPS) is 12.1. The van der Waals surface area contributed by atoms with Crippen molar-refractivity contribution in [1.82, 2.24) is 4.98 Å². The second kappa shape index (κ2) is 4.50. The highest BCUT2D eigenvalue weighted by molar-refractivity contribution is 6.29. The topological polar surface area (TPSA) is 53.8 Å². The molecule has 0 fully saturated rings. The Morgan fingerprint density at radius 1 is 1.62 bits per heavy atom. The number of hydrogen-bond donors (Lipinski definition) is 1. The minimum absolute atomic E-state index is 0.00806. The number of nitrogens with zero attached hydrogens (tertiary/aromatic N) is 1. The van der Waals surface area contributed by atoms with Gasteiger partial charge in [0.25, 0.3) is 0 Å². The van der Waals surface area contributed by atoms with Crippen molar-refractivity contribution in [2.24, 2.45) is 0 Å². The lowest BCUT2D eigenvalue weighted by molar-refractivity contribution is 0.565. The van der Waals surface area contributed by atoms with E-state index in [-0.39, 0.29) is 11.6 Å². The molecule has 1 N–H and O–H groups in total. The van der Waals surface area contributed by atoms with Crippen LogP contribution < -0.4 is 0 Å². The van der Waals surface area contributed by atoms with Crippen LogP contribution in [-0.2, 0) is 4.79 Å². The number of nitrogens with one attached hydrogen (secondary N) is 1. The molecule has 0 amide bonds. The van der Waals surface area contributed by atoms with E-state index in [0.717, 1.165) is 12.0 Å². The summed E-state index contributed by atoms with van der Waals surface area (Å²) < 4.78 is 0. The highest BCUT2D eigenvalue weighted by atomic mass is 16.1. The lowest BCUT2D eigenvalue weighted by Crippen LogP contribution is -2.11. The van der Waals surface area contributed by atoms with Crippen molar-refractivity contribution >= 4 is 12.0 Å². The van der Waals surface area contributed by atoms with Crippen LogP contribution in [0.1, 0.15) is 24.8 Å². The lowest BCUT2D eigenvalue weighted by atomic mass is 9.93. The first-order chi connectivity index (χ1) is 6.29. The van der Waals surface area contributed by atoms with Crippen molar-refractivity contribution in [3.63, 3.8) is 0 Å². The standard InChI is InChI=1S/C10H11N2O/c1-2-9(10(11)7-13)8-3-5-12-6-4-8/h3-6,9,11H,2H2,1H3. The zero-order valence-corrected chi connectivity index (χ0v) is 7.45. The molecule has 13 heavy (non-hydrogen) atoms. The Labute approximate surface area is 77.3 Å². The fraction of sp³-hybridized carbons (Fsp3) is 0.300. The third kappa shape index (κ3) is 2.21. The van der Waals surface area contributed by atoms with E-state index in [1.807, 2.05) is 19.1 Å². The molecule has 1 unspecified atom stereocenters. The predicted octanol–water partition coefficient (Wildman–Crippen LogP) is 1.70. The molecular formula is C10H11N2O. The molecule has 1 heterocycles. The first kappa shape index (κ1) is 9.58. The predicted molar refractivity (Wildman–Crippen MR) is 50.7 cm³/mol. The minimum Gasteiger partial charge on any atom is -0.300 e. The van der Waals surface area contributed by atoms with Crippen LogP contribution in [0.2, 0.25) is 0 Å². The van der Waals surface area contributed by atoms with Gasteiger partial charge in [-0.2, -0.15) is 0 Å². The highest BCUT2D eigenvalue weighted by Gasteiger charge is 2.14. The van der Waals surface area contributed by atoms with Gasteiger partial charge >= 0.3 is 0 Å². The first-order valence-corrected chi connectivity index (χ1v) is 4.16. The second-order valence-electron chi connectivity index (χ2n) is 2.76. The summed E-state index contributed by atoms with van der Waals surface area (Å²) in [7, 11) is 0. The van der Waals surface area contributed by atoms with Crippen molar-refractivity contribution in [3.05, 3.63) is 30.1 Å². The summed E-state index contributed by atoms with van der Waals surface area (Å²) in [6, 6.07) is 3.64. The van der Waals surface area contributed by atoms with Crippen LogP contribution in [0, 0.1) is 5.41 Å². The van der Waals surface area contributed by atoms with Crippen LogP contribution in [0.4, 0.5) is 0 Å². The summed E-state index contributed by atoms with van der Waals surface area (Å²) in [5.74, 6) is -0.138. The SMILES string of the molecule is CCC(C(=N)[C]=O)c1ccncc1. The highest BCUT2D eigenvalue weighted by Crippen LogP contribution is 2.18. The average molecular weight is 175 g/mol. The second-order valence-corrected chi connectivity index (χ2v) is 2.76. The van der Waals surface area contributed by atoms with E-state index in [2.05, 4.69) is 4.98 Å². The summed E-state index contributed by atoms with van der Waals surface area (Å²) in [6.45, 7) is 1.94. The van der Waals surface area contributed by atoms with Crippen LogP contribution >= 0.6 is 0 Å². The van der Waals surface area contributed by atoms with Crippen LogP contribution in [0.5, 0.6) is 0 Å². The molecule has 0 saturated heterocycles. The van der Waals surface area contributed by atoms with E-state index in [0.29, 0.717) is 0 Å². The fourth-order valence-corrected chi connectivity index (χ4v) is 1.27. The monoisotopic (exact) mass is 175 g/mol. The molecule has 1 radical (unpaired) electrons. The lowest BCUT2D eigenvalue weighted by Gasteiger charge is -2.11. The Morgan fingerprint density at radius 2 is 2.23 bits per heavy atom. The molecule has 0 saturated carbocycles. The minimum atomic E-state index is -0.138. The molecule has 1 aromatic heterocycles. The van der Waals surface area contributed by atoms with Crippen molar-refractivity contribution in [2.75, 3.05) is 0 Å². The van der Waals surface area contributed by atoms with Crippen LogP contribution in [0.15, 0.2) is 24.5 Å². The number of rotatable bonds is 4.